The number of carbonyl (C=O) groups is 6. The lowest BCUT2D eigenvalue weighted by Gasteiger charge is -2.26. The van der Waals surface area contributed by atoms with Crippen LogP contribution in [0.2, 0.25) is 0 Å². The van der Waals surface area contributed by atoms with E-state index in [1.165, 1.54) is 0 Å². The number of aliphatic carboxylic acids is 1. The first-order chi connectivity index (χ1) is 14.7. The second-order valence-corrected chi connectivity index (χ2v) is 7.94. The molecule has 0 aliphatic heterocycles. The van der Waals surface area contributed by atoms with E-state index in [2.05, 4.69) is 16.0 Å². The number of carboxylic acids is 1. The molecule has 0 aromatic heterocycles. The van der Waals surface area contributed by atoms with Crippen molar-refractivity contribution in [3.05, 3.63) is 0 Å². The molecule has 5 atom stereocenters. The molecule has 0 saturated heterocycles. The Kier molecular flexibility index (Phi) is 11.9. The highest BCUT2D eigenvalue weighted by Crippen LogP contribution is 2.07. The van der Waals surface area contributed by atoms with Gasteiger partial charge in [-0.1, -0.05) is 34.1 Å². The lowest BCUT2D eigenvalue weighted by atomic mass is 9.99. The van der Waals surface area contributed by atoms with Crippen LogP contribution in [-0.4, -0.2) is 64.8 Å². The number of primary amides is 2. The molecule has 10 N–H and O–H groups in total. The fourth-order valence-corrected chi connectivity index (χ4v) is 2.64. The number of carboxylic acid groups (broad SMARTS) is 1. The molecule has 0 aromatic rings. The zero-order valence-electron chi connectivity index (χ0n) is 18.7. The molecular formula is C19H34N6O7. The first kappa shape index (κ1) is 28.8. The highest BCUT2D eigenvalue weighted by atomic mass is 16.4. The van der Waals surface area contributed by atoms with E-state index in [1.54, 1.807) is 20.8 Å². The van der Waals surface area contributed by atoms with Gasteiger partial charge in [0.25, 0.3) is 0 Å². The first-order valence-corrected chi connectivity index (χ1v) is 10.2. The number of nitrogens with one attached hydrogen (secondary N) is 3. The minimum absolute atomic E-state index is 0.218. The smallest absolute Gasteiger partial charge is 0.326 e. The molecular weight excluding hydrogens is 424 g/mol. The molecule has 0 aliphatic carbocycles. The summed E-state index contributed by atoms with van der Waals surface area (Å²) in [6.45, 7) is 6.66. The average Bonchev–Trinajstić information content (AvgIpc) is 2.68. The summed E-state index contributed by atoms with van der Waals surface area (Å²) in [4.78, 5) is 71.7. The minimum Gasteiger partial charge on any atom is -0.480 e. The SMILES string of the molecule is CCC(C)C(N)C(=O)NC(CC(N)=O)C(=O)NC(CC(N)=O)C(=O)NC(C(=O)O)C(C)C. The van der Waals surface area contributed by atoms with Crippen molar-refractivity contribution >= 4 is 35.5 Å². The van der Waals surface area contributed by atoms with Gasteiger partial charge in [-0.3, -0.25) is 24.0 Å². The topological polar surface area (TPSA) is 237 Å². The standard InChI is InChI=1S/C19H34N6O7/c1-5-9(4)14(22)18(30)24-10(6-12(20)26)16(28)23-11(7-13(21)27)17(29)25-15(8(2)3)19(31)32/h8-11,14-15H,5-7,22H2,1-4H3,(H2,20,26)(H2,21,27)(H,23,28)(H,24,30)(H,25,29)(H,31,32). The predicted molar refractivity (Wildman–Crippen MR) is 113 cm³/mol. The van der Waals surface area contributed by atoms with Crippen LogP contribution >= 0.6 is 0 Å². The van der Waals surface area contributed by atoms with E-state index >= 15 is 0 Å². The van der Waals surface area contributed by atoms with Crippen LogP contribution in [0.3, 0.4) is 0 Å². The van der Waals surface area contributed by atoms with E-state index in [9.17, 15) is 33.9 Å². The third-order valence-corrected chi connectivity index (χ3v) is 4.87. The number of carbonyl (C=O) groups excluding carboxylic acids is 5. The van der Waals surface area contributed by atoms with Crippen molar-refractivity contribution in [1.29, 1.82) is 0 Å². The molecule has 13 heteroatoms. The maximum Gasteiger partial charge on any atom is 0.326 e. The number of nitrogens with two attached hydrogens (primary N) is 3. The second-order valence-electron chi connectivity index (χ2n) is 7.94. The van der Waals surface area contributed by atoms with Gasteiger partial charge in [-0.15, -0.1) is 0 Å². The Balaban J connectivity index is 5.58. The molecule has 0 bridgehead atoms. The van der Waals surface area contributed by atoms with Gasteiger partial charge < -0.3 is 38.3 Å². The number of hydrogen-bond acceptors (Lipinski definition) is 7. The molecule has 0 rings (SSSR count). The normalized spacial score (nSPS) is 15.6. The van der Waals surface area contributed by atoms with Crippen LogP contribution < -0.4 is 33.2 Å². The fraction of sp³-hybridized carbons (Fsp3) is 0.684. The lowest BCUT2D eigenvalue weighted by Crippen LogP contribution is -2.59. The quantitative estimate of drug-likeness (QED) is 0.144. The molecule has 0 spiro atoms. The van der Waals surface area contributed by atoms with Crippen LogP contribution in [0.1, 0.15) is 47.0 Å². The van der Waals surface area contributed by atoms with Crippen molar-refractivity contribution in [3.8, 4) is 0 Å². The average molecular weight is 459 g/mol. The Bertz CT molecular complexity index is 727. The van der Waals surface area contributed by atoms with Crippen LogP contribution in [0.25, 0.3) is 0 Å². The largest absolute Gasteiger partial charge is 0.480 e. The van der Waals surface area contributed by atoms with E-state index < -0.39 is 78.4 Å². The van der Waals surface area contributed by atoms with E-state index in [4.69, 9.17) is 17.2 Å². The van der Waals surface area contributed by atoms with Crippen LogP contribution in [0.4, 0.5) is 0 Å². The molecule has 0 aliphatic rings. The van der Waals surface area contributed by atoms with Gasteiger partial charge in [0, 0.05) is 0 Å². The molecule has 5 unspecified atom stereocenters. The van der Waals surface area contributed by atoms with Crippen molar-refractivity contribution in [2.75, 3.05) is 0 Å². The highest BCUT2D eigenvalue weighted by molar-refractivity contribution is 5.97. The number of rotatable bonds is 14. The van der Waals surface area contributed by atoms with Gasteiger partial charge in [-0.2, -0.15) is 0 Å². The molecule has 13 nitrogen and oxygen atoms in total. The number of amides is 5. The van der Waals surface area contributed by atoms with E-state index in [-0.39, 0.29) is 5.92 Å². The molecule has 0 radical (unpaired) electrons. The summed E-state index contributed by atoms with van der Waals surface area (Å²) in [7, 11) is 0. The van der Waals surface area contributed by atoms with Gasteiger partial charge in [0.05, 0.1) is 18.9 Å². The van der Waals surface area contributed by atoms with Crippen LogP contribution in [-0.2, 0) is 28.8 Å². The van der Waals surface area contributed by atoms with Gasteiger partial charge in [0.15, 0.2) is 0 Å². The van der Waals surface area contributed by atoms with Gasteiger partial charge in [-0.25, -0.2) is 4.79 Å². The van der Waals surface area contributed by atoms with Gasteiger partial charge in [0.1, 0.15) is 18.1 Å². The Labute approximate surface area is 186 Å². The molecule has 0 aromatic carbocycles. The summed E-state index contributed by atoms with van der Waals surface area (Å²) in [6, 6.07) is -5.27. The zero-order chi connectivity index (χ0) is 25.2. The summed E-state index contributed by atoms with van der Waals surface area (Å²) in [5.41, 5.74) is 16.1. The van der Waals surface area contributed by atoms with Crippen molar-refractivity contribution in [2.45, 2.75) is 71.1 Å². The summed E-state index contributed by atoms with van der Waals surface area (Å²) < 4.78 is 0. The van der Waals surface area contributed by atoms with E-state index in [0.717, 1.165) is 0 Å². The Morgan fingerprint density at radius 1 is 0.781 bits per heavy atom. The second kappa shape index (κ2) is 13.2. The third kappa shape index (κ3) is 9.73. The van der Waals surface area contributed by atoms with Crippen LogP contribution in [0.15, 0.2) is 0 Å². The van der Waals surface area contributed by atoms with Crippen LogP contribution in [0.5, 0.6) is 0 Å². The van der Waals surface area contributed by atoms with Gasteiger partial charge >= 0.3 is 5.97 Å². The molecule has 5 amide bonds. The maximum atomic E-state index is 12.7. The lowest BCUT2D eigenvalue weighted by molar-refractivity contribution is -0.143. The van der Waals surface area contributed by atoms with Crippen LogP contribution in [0, 0.1) is 11.8 Å². The summed E-state index contributed by atoms with van der Waals surface area (Å²) in [5, 5.41) is 16.0. The minimum atomic E-state index is -1.55. The van der Waals surface area contributed by atoms with E-state index in [0.29, 0.717) is 6.42 Å². The molecule has 32 heavy (non-hydrogen) atoms. The Hall–Kier alpha value is -3.22. The van der Waals surface area contributed by atoms with Crippen molar-refractivity contribution in [1.82, 2.24) is 16.0 Å². The van der Waals surface area contributed by atoms with Gasteiger partial charge in [-0.05, 0) is 11.8 Å². The highest BCUT2D eigenvalue weighted by Gasteiger charge is 2.33. The molecule has 0 heterocycles. The third-order valence-electron chi connectivity index (χ3n) is 4.87. The summed E-state index contributed by atoms with van der Waals surface area (Å²) in [5.74, 6) is -6.56. The first-order valence-electron chi connectivity index (χ1n) is 10.2. The predicted octanol–water partition coefficient (Wildman–Crippen LogP) is -2.69. The Morgan fingerprint density at radius 3 is 1.53 bits per heavy atom. The Morgan fingerprint density at radius 2 is 1.19 bits per heavy atom. The fourth-order valence-electron chi connectivity index (χ4n) is 2.64. The summed E-state index contributed by atoms with van der Waals surface area (Å²) in [6.07, 6.45) is -0.659. The van der Waals surface area contributed by atoms with E-state index in [1.807, 2.05) is 6.92 Å². The molecule has 182 valence electrons. The van der Waals surface area contributed by atoms with Crippen molar-refractivity contribution in [2.24, 2.45) is 29.0 Å². The number of hydrogen-bond donors (Lipinski definition) is 7. The monoisotopic (exact) mass is 458 g/mol. The zero-order valence-corrected chi connectivity index (χ0v) is 18.7. The molecule has 0 saturated carbocycles. The summed E-state index contributed by atoms with van der Waals surface area (Å²) >= 11 is 0. The van der Waals surface area contributed by atoms with Gasteiger partial charge in [0.2, 0.25) is 29.5 Å². The molecule has 0 fully saturated rings. The maximum absolute atomic E-state index is 12.7. The van der Waals surface area contributed by atoms with Crippen molar-refractivity contribution in [3.63, 3.8) is 0 Å². The van der Waals surface area contributed by atoms with Crippen molar-refractivity contribution < 1.29 is 33.9 Å².